The molecule has 0 unspecified atom stereocenters. The first kappa shape index (κ1) is 17.8. The fraction of sp³-hybridized carbons (Fsp3) is 0.368. The fourth-order valence-corrected chi connectivity index (χ4v) is 2.93. The highest BCUT2D eigenvalue weighted by Crippen LogP contribution is 2.28. The van der Waals surface area contributed by atoms with Gasteiger partial charge in [-0.2, -0.15) is 0 Å². The van der Waals surface area contributed by atoms with E-state index in [1.807, 2.05) is 6.92 Å². The molecular weight excluding hydrogens is 336 g/mol. The van der Waals surface area contributed by atoms with E-state index in [9.17, 15) is 9.59 Å². The number of furan rings is 1. The van der Waals surface area contributed by atoms with E-state index in [0.29, 0.717) is 55.6 Å². The molecule has 0 saturated carbocycles. The van der Waals surface area contributed by atoms with Crippen LogP contribution in [-0.2, 0) is 0 Å². The number of ether oxygens (including phenoxy) is 2. The van der Waals surface area contributed by atoms with Gasteiger partial charge in [-0.05, 0) is 37.3 Å². The van der Waals surface area contributed by atoms with Crippen molar-refractivity contribution in [3.8, 4) is 11.5 Å². The monoisotopic (exact) mass is 358 g/mol. The Morgan fingerprint density at radius 2 is 1.73 bits per heavy atom. The highest BCUT2D eigenvalue weighted by molar-refractivity contribution is 5.95. The second-order valence-electron chi connectivity index (χ2n) is 5.86. The van der Waals surface area contributed by atoms with Crippen LogP contribution in [0.25, 0.3) is 0 Å². The van der Waals surface area contributed by atoms with Crippen molar-refractivity contribution >= 4 is 11.8 Å². The van der Waals surface area contributed by atoms with Crippen LogP contribution in [-0.4, -0.2) is 61.5 Å². The van der Waals surface area contributed by atoms with Crippen molar-refractivity contribution in [3.63, 3.8) is 0 Å². The Labute approximate surface area is 152 Å². The summed E-state index contributed by atoms with van der Waals surface area (Å²) in [5, 5.41) is 0. The molecule has 0 radical (unpaired) electrons. The fourth-order valence-electron chi connectivity index (χ4n) is 2.93. The molecule has 0 atom stereocenters. The number of carbonyl (C=O) groups is 2. The molecule has 1 aromatic carbocycles. The molecule has 0 aliphatic carbocycles. The Balaban J connectivity index is 1.65. The van der Waals surface area contributed by atoms with Crippen LogP contribution < -0.4 is 9.47 Å². The maximum absolute atomic E-state index is 12.8. The van der Waals surface area contributed by atoms with Gasteiger partial charge in [-0.25, -0.2) is 0 Å². The minimum atomic E-state index is -0.148. The lowest BCUT2D eigenvalue weighted by Crippen LogP contribution is -2.50. The SMILES string of the molecule is CCOc1cc(C(=O)N2CCN(C(=O)c3ccco3)CC2)ccc1OC. The first-order valence-electron chi connectivity index (χ1n) is 8.57. The number of amides is 2. The van der Waals surface area contributed by atoms with Gasteiger partial charge >= 0.3 is 0 Å². The summed E-state index contributed by atoms with van der Waals surface area (Å²) in [7, 11) is 1.56. The van der Waals surface area contributed by atoms with E-state index < -0.39 is 0 Å². The molecule has 0 N–H and O–H groups in total. The summed E-state index contributed by atoms with van der Waals surface area (Å²) in [6, 6.07) is 8.49. The quantitative estimate of drug-likeness (QED) is 0.820. The summed E-state index contributed by atoms with van der Waals surface area (Å²) in [5.74, 6) is 1.23. The standard InChI is InChI=1S/C19H22N2O5/c1-3-25-17-13-14(6-7-15(17)24-2)18(22)20-8-10-21(11-9-20)19(23)16-5-4-12-26-16/h4-7,12-13H,3,8-11H2,1-2H3. The molecule has 7 heteroatoms. The largest absolute Gasteiger partial charge is 0.493 e. The average molecular weight is 358 g/mol. The van der Waals surface area contributed by atoms with Gasteiger partial charge in [0.2, 0.25) is 0 Å². The lowest BCUT2D eigenvalue weighted by Gasteiger charge is -2.34. The van der Waals surface area contributed by atoms with Crippen LogP contribution in [0.4, 0.5) is 0 Å². The third kappa shape index (κ3) is 3.66. The Hall–Kier alpha value is -2.96. The van der Waals surface area contributed by atoms with E-state index in [2.05, 4.69) is 0 Å². The number of hydrogen-bond acceptors (Lipinski definition) is 5. The molecule has 1 aliphatic heterocycles. The third-order valence-electron chi connectivity index (χ3n) is 4.30. The zero-order valence-corrected chi connectivity index (χ0v) is 14.9. The third-order valence-corrected chi connectivity index (χ3v) is 4.30. The van der Waals surface area contributed by atoms with Gasteiger partial charge in [0.25, 0.3) is 11.8 Å². The van der Waals surface area contributed by atoms with E-state index in [4.69, 9.17) is 13.9 Å². The molecule has 138 valence electrons. The Kier molecular flexibility index (Phi) is 5.46. The molecule has 3 rings (SSSR count). The lowest BCUT2D eigenvalue weighted by atomic mass is 10.1. The molecule has 1 aliphatic rings. The maximum Gasteiger partial charge on any atom is 0.289 e. The van der Waals surface area contributed by atoms with Crippen molar-refractivity contribution in [2.45, 2.75) is 6.92 Å². The van der Waals surface area contributed by atoms with Gasteiger partial charge in [0.15, 0.2) is 17.3 Å². The van der Waals surface area contributed by atoms with Gasteiger partial charge in [-0.3, -0.25) is 9.59 Å². The summed E-state index contributed by atoms with van der Waals surface area (Å²) in [6.45, 7) is 4.26. The predicted octanol–water partition coefficient (Wildman–Crippen LogP) is 2.29. The summed E-state index contributed by atoms with van der Waals surface area (Å²) < 4.78 is 15.9. The second-order valence-corrected chi connectivity index (χ2v) is 5.86. The first-order chi connectivity index (χ1) is 12.6. The molecule has 1 saturated heterocycles. The lowest BCUT2D eigenvalue weighted by molar-refractivity contribution is 0.0518. The molecule has 26 heavy (non-hydrogen) atoms. The van der Waals surface area contributed by atoms with Crippen molar-refractivity contribution < 1.29 is 23.5 Å². The van der Waals surface area contributed by atoms with Gasteiger partial charge < -0.3 is 23.7 Å². The second kappa shape index (κ2) is 7.95. The molecule has 0 spiro atoms. The topological polar surface area (TPSA) is 72.2 Å². The molecule has 7 nitrogen and oxygen atoms in total. The number of methoxy groups -OCH3 is 1. The molecule has 2 amide bonds. The van der Waals surface area contributed by atoms with Crippen LogP contribution in [0.15, 0.2) is 41.0 Å². The summed E-state index contributed by atoms with van der Waals surface area (Å²) in [5.41, 5.74) is 0.542. The number of piperazine rings is 1. The highest BCUT2D eigenvalue weighted by Gasteiger charge is 2.27. The minimum Gasteiger partial charge on any atom is -0.493 e. The summed E-state index contributed by atoms with van der Waals surface area (Å²) in [4.78, 5) is 28.5. The average Bonchev–Trinajstić information content (AvgIpc) is 3.22. The van der Waals surface area contributed by atoms with Crippen molar-refractivity contribution in [1.29, 1.82) is 0 Å². The van der Waals surface area contributed by atoms with Gasteiger partial charge in [-0.15, -0.1) is 0 Å². The Morgan fingerprint density at radius 1 is 1.04 bits per heavy atom. The minimum absolute atomic E-state index is 0.0845. The van der Waals surface area contributed by atoms with Gasteiger partial charge in [0, 0.05) is 31.7 Å². The van der Waals surface area contributed by atoms with Crippen molar-refractivity contribution in [1.82, 2.24) is 9.80 Å². The van der Waals surface area contributed by atoms with E-state index in [-0.39, 0.29) is 11.8 Å². The van der Waals surface area contributed by atoms with E-state index in [1.54, 1.807) is 47.2 Å². The highest BCUT2D eigenvalue weighted by atomic mass is 16.5. The number of rotatable bonds is 5. The van der Waals surface area contributed by atoms with Crippen LogP contribution >= 0.6 is 0 Å². The molecule has 2 aromatic rings. The number of carbonyl (C=O) groups excluding carboxylic acids is 2. The van der Waals surface area contributed by atoms with Crippen molar-refractivity contribution in [3.05, 3.63) is 47.9 Å². The van der Waals surface area contributed by atoms with Crippen LogP contribution in [0.5, 0.6) is 11.5 Å². The molecule has 1 aromatic heterocycles. The van der Waals surface area contributed by atoms with Crippen LogP contribution in [0.2, 0.25) is 0 Å². The maximum atomic E-state index is 12.8. The number of nitrogens with zero attached hydrogens (tertiary/aromatic N) is 2. The Morgan fingerprint density at radius 3 is 2.31 bits per heavy atom. The predicted molar refractivity (Wildman–Crippen MR) is 94.7 cm³/mol. The summed E-state index contributed by atoms with van der Waals surface area (Å²) in [6.07, 6.45) is 1.48. The molecule has 2 heterocycles. The summed E-state index contributed by atoms with van der Waals surface area (Å²) >= 11 is 0. The zero-order valence-electron chi connectivity index (χ0n) is 14.9. The molecule has 1 fully saturated rings. The van der Waals surface area contributed by atoms with Gasteiger partial charge in [0.05, 0.1) is 20.0 Å². The van der Waals surface area contributed by atoms with E-state index >= 15 is 0 Å². The first-order valence-corrected chi connectivity index (χ1v) is 8.57. The van der Waals surface area contributed by atoms with Crippen LogP contribution in [0, 0.1) is 0 Å². The zero-order chi connectivity index (χ0) is 18.5. The Bertz CT molecular complexity index is 764. The van der Waals surface area contributed by atoms with Crippen LogP contribution in [0.3, 0.4) is 0 Å². The van der Waals surface area contributed by atoms with E-state index in [1.165, 1.54) is 6.26 Å². The van der Waals surface area contributed by atoms with Crippen molar-refractivity contribution in [2.24, 2.45) is 0 Å². The number of hydrogen-bond donors (Lipinski definition) is 0. The molecule has 0 bridgehead atoms. The molecular formula is C19H22N2O5. The van der Waals surface area contributed by atoms with Gasteiger partial charge in [0.1, 0.15) is 0 Å². The normalized spacial score (nSPS) is 14.2. The number of benzene rings is 1. The van der Waals surface area contributed by atoms with E-state index in [0.717, 1.165) is 0 Å². The van der Waals surface area contributed by atoms with Gasteiger partial charge in [-0.1, -0.05) is 0 Å². The smallest absolute Gasteiger partial charge is 0.289 e. The van der Waals surface area contributed by atoms with Crippen LogP contribution in [0.1, 0.15) is 27.8 Å². The van der Waals surface area contributed by atoms with Crippen molar-refractivity contribution in [2.75, 3.05) is 39.9 Å².